The van der Waals surface area contributed by atoms with Gasteiger partial charge in [-0.2, -0.15) is 0 Å². The Morgan fingerprint density at radius 3 is 2.43 bits per heavy atom. The fraction of sp³-hybridized carbons (Fsp3) is 0.353. The van der Waals surface area contributed by atoms with Crippen molar-refractivity contribution in [2.45, 2.75) is 32.3 Å². The molecule has 2 aromatic rings. The number of rotatable bonds is 4. The van der Waals surface area contributed by atoms with Crippen LogP contribution in [0, 0.1) is 0 Å². The molecule has 0 unspecified atom stereocenters. The Hall–Kier alpha value is -2.07. The molecule has 0 aliphatic rings. The zero-order valence-corrected chi connectivity index (χ0v) is 12.7. The van der Waals surface area contributed by atoms with Crippen LogP contribution < -0.4 is 4.74 Å². The van der Waals surface area contributed by atoms with Crippen molar-refractivity contribution in [2.75, 3.05) is 7.11 Å². The molecule has 0 aliphatic heterocycles. The fourth-order valence-corrected chi connectivity index (χ4v) is 2.53. The van der Waals surface area contributed by atoms with Gasteiger partial charge in [0.05, 0.1) is 7.11 Å². The topological polar surface area (TPSA) is 66.8 Å². The highest BCUT2D eigenvalue weighted by molar-refractivity contribution is 5.90. The van der Waals surface area contributed by atoms with Gasteiger partial charge in [0.15, 0.2) is 5.60 Å². The Balaban J connectivity index is 2.69. The smallest absolute Gasteiger partial charge is 0.340 e. The summed E-state index contributed by atoms with van der Waals surface area (Å²) < 4.78 is 5.41. The molecule has 0 bridgehead atoms. The summed E-state index contributed by atoms with van der Waals surface area (Å²) in [7, 11) is 1.64. The van der Waals surface area contributed by atoms with Gasteiger partial charge in [0.2, 0.25) is 0 Å². The predicted molar refractivity (Wildman–Crippen MR) is 81.8 cm³/mol. The van der Waals surface area contributed by atoms with Crippen LogP contribution in [0.5, 0.6) is 5.75 Å². The molecule has 2 N–H and O–H groups in total. The van der Waals surface area contributed by atoms with Crippen LogP contribution in [0.1, 0.15) is 37.8 Å². The molecule has 0 aliphatic carbocycles. The second-order valence-electron chi connectivity index (χ2n) is 5.65. The van der Waals surface area contributed by atoms with E-state index in [-0.39, 0.29) is 5.92 Å². The lowest BCUT2D eigenvalue weighted by atomic mass is 9.90. The molecule has 4 heteroatoms. The van der Waals surface area contributed by atoms with E-state index in [2.05, 4.69) is 13.8 Å². The largest absolute Gasteiger partial charge is 0.496 e. The molecule has 2 aromatic carbocycles. The number of benzene rings is 2. The number of ether oxygens (including phenoxy) is 1. The lowest BCUT2D eigenvalue weighted by Gasteiger charge is -2.20. The second-order valence-corrected chi connectivity index (χ2v) is 5.65. The number of hydrogen-bond donors (Lipinski definition) is 2. The first kappa shape index (κ1) is 15.3. The van der Waals surface area contributed by atoms with Gasteiger partial charge < -0.3 is 14.9 Å². The summed E-state index contributed by atoms with van der Waals surface area (Å²) >= 11 is 0. The maximum Gasteiger partial charge on any atom is 0.340 e. The van der Waals surface area contributed by atoms with E-state index in [9.17, 15) is 9.90 Å². The van der Waals surface area contributed by atoms with Gasteiger partial charge in [0.1, 0.15) is 5.75 Å². The first-order chi connectivity index (χ1) is 9.78. The minimum absolute atomic E-state index is 0.273. The number of carboxylic acids is 1. The molecule has 2 rings (SSSR count). The average Bonchev–Trinajstić information content (AvgIpc) is 2.44. The number of carbonyl (C=O) groups is 1. The Labute approximate surface area is 124 Å². The summed E-state index contributed by atoms with van der Waals surface area (Å²) in [6.45, 7) is 5.45. The maximum atomic E-state index is 11.2. The number of hydrogen-bond acceptors (Lipinski definition) is 3. The van der Waals surface area contributed by atoms with Gasteiger partial charge in [0.25, 0.3) is 0 Å². The molecular formula is C17H20O4. The van der Waals surface area contributed by atoms with Crippen molar-refractivity contribution >= 4 is 16.7 Å². The summed E-state index contributed by atoms with van der Waals surface area (Å²) in [4.78, 5) is 11.2. The van der Waals surface area contributed by atoms with Crippen molar-refractivity contribution in [1.82, 2.24) is 0 Å². The molecule has 0 saturated heterocycles. The molecule has 0 aromatic heterocycles. The molecule has 0 amide bonds. The highest BCUT2D eigenvalue weighted by atomic mass is 16.5. The fourth-order valence-electron chi connectivity index (χ4n) is 2.53. The van der Waals surface area contributed by atoms with Crippen LogP contribution in [0.25, 0.3) is 10.8 Å². The van der Waals surface area contributed by atoms with Crippen molar-refractivity contribution in [1.29, 1.82) is 0 Å². The van der Waals surface area contributed by atoms with Gasteiger partial charge >= 0.3 is 5.97 Å². The van der Waals surface area contributed by atoms with Crippen molar-refractivity contribution in [2.24, 2.45) is 0 Å². The number of fused-ring (bicyclic) bond motifs is 1. The number of aliphatic carboxylic acids is 1. The van der Waals surface area contributed by atoms with E-state index in [4.69, 9.17) is 9.84 Å². The molecule has 0 saturated carbocycles. The molecule has 0 fully saturated rings. The van der Waals surface area contributed by atoms with E-state index in [0.29, 0.717) is 5.56 Å². The van der Waals surface area contributed by atoms with Gasteiger partial charge in [-0.05, 0) is 41.3 Å². The minimum atomic E-state index is -1.90. The van der Waals surface area contributed by atoms with E-state index < -0.39 is 11.6 Å². The standard InChI is InChI=1S/C17H20O4/c1-10(2)15-13-7-6-12(17(3,20)16(18)19)9-11(13)5-8-14(15)21-4/h5-10,20H,1-4H3,(H,18,19)/t17-/m1/s1. The van der Waals surface area contributed by atoms with Gasteiger partial charge in [-0.25, -0.2) is 4.79 Å². The van der Waals surface area contributed by atoms with E-state index in [1.165, 1.54) is 6.92 Å². The van der Waals surface area contributed by atoms with Gasteiger partial charge in [-0.15, -0.1) is 0 Å². The van der Waals surface area contributed by atoms with Crippen LogP contribution in [0.3, 0.4) is 0 Å². The summed E-state index contributed by atoms with van der Waals surface area (Å²) in [5, 5.41) is 21.1. The van der Waals surface area contributed by atoms with Crippen LogP contribution in [0.4, 0.5) is 0 Å². The van der Waals surface area contributed by atoms with Crippen molar-refractivity contribution in [3.05, 3.63) is 41.5 Å². The highest BCUT2D eigenvalue weighted by Gasteiger charge is 2.32. The maximum absolute atomic E-state index is 11.2. The van der Waals surface area contributed by atoms with Crippen molar-refractivity contribution in [3.63, 3.8) is 0 Å². The Morgan fingerprint density at radius 1 is 1.24 bits per heavy atom. The molecule has 112 valence electrons. The third kappa shape index (κ3) is 2.59. The number of methoxy groups -OCH3 is 1. The van der Waals surface area contributed by atoms with Crippen molar-refractivity contribution < 1.29 is 19.7 Å². The van der Waals surface area contributed by atoms with Crippen LogP contribution in [-0.4, -0.2) is 23.3 Å². The number of carboxylic acid groups (broad SMARTS) is 1. The van der Waals surface area contributed by atoms with E-state index in [0.717, 1.165) is 22.1 Å². The lowest BCUT2D eigenvalue weighted by Crippen LogP contribution is -2.31. The second kappa shape index (κ2) is 5.37. The SMILES string of the molecule is COc1ccc2cc([C@@](C)(O)C(=O)O)ccc2c1C(C)C. The monoisotopic (exact) mass is 288 g/mol. The van der Waals surface area contributed by atoms with Gasteiger partial charge in [0, 0.05) is 5.56 Å². The first-order valence-corrected chi connectivity index (χ1v) is 6.86. The molecule has 0 spiro atoms. The first-order valence-electron chi connectivity index (χ1n) is 6.86. The van der Waals surface area contributed by atoms with Crippen LogP contribution >= 0.6 is 0 Å². The minimum Gasteiger partial charge on any atom is -0.496 e. The normalized spacial score (nSPS) is 14.2. The zero-order valence-electron chi connectivity index (χ0n) is 12.7. The predicted octanol–water partition coefficient (Wildman–Crippen LogP) is 3.26. The third-order valence-corrected chi connectivity index (χ3v) is 3.80. The Morgan fingerprint density at radius 2 is 1.90 bits per heavy atom. The van der Waals surface area contributed by atoms with Crippen LogP contribution in [-0.2, 0) is 10.4 Å². The molecular weight excluding hydrogens is 268 g/mol. The zero-order chi connectivity index (χ0) is 15.8. The number of aliphatic hydroxyl groups is 1. The molecule has 21 heavy (non-hydrogen) atoms. The highest BCUT2D eigenvalue weighted by Crippen LogP contribution is 2.35. The van der Waals surface area contributed by atoms with E-state index in [1.54, 1.807) is 19.2 Å². The summed E-state index contributed by atoms with van der Waals surface area (Å²) in [6.07, 6.45) is 0. The van der Waals surface area contributed by atoms with E-state index >= 15 is 0 Å². The summed E-state index contributed by atoms with van der Waals surface area (Å²) in [6, 6.07) is 8.97. The third-order valence-electron chi connectivity index (χ3n) is 3.80. The molecule has 0 heterocycles. The molecule has 1 atom stereocenters. The van der Waals surface area contributed by atoms with Gasteiger partial charge in [-0.1, -0.05) is 32.0 Å². The van der Waals surface area contributed by atoms with Gasteiger partial charge in [-0.3, -0.25) is 0 Å². The quantitative estimate of drug-likeness (QED) is 0.906. The average molecular weight is 288 g/mol. The van der Waals surface area contributed by atoms with Crippen LogP contribution in [0.2, 0.25) is 0 Å². The van der Waals surface area contributed by atoms with Crippen molar-refractivity contribution in [3.8, 4) is 5.75 Å². The summed E-state index contributed by atoms with van der Waals surface area (Å²) in [5.41, 5.74) is -0.453. The lowest BCUT2D eigenvalue weighted by molar-refractivity contribution is -0.157. The molecule has 4 nitrogen and oxygen atoms in total. The summed E-state index contributed by atoms with van der Waals surface area (Å²) in [5.74, 6) is -0.177. The van der Waals surface area contributed by atoms with E-state index in [1.807, 2.05) is 18.2 Å². The molecule has 0 radical (unpaired) electrons. The Kier molecular flexibility index (Phi) is 3.92. The Bertz CT molecular complexity index is 686. The van der Waals surface area contributed by atoms with Crippen LogP contribution in [0.15, 0.2) is 30.3 Å².